The van der Waals surface area contributed by atoms with Gasteiger partial charge in [-0.2, -0.15) is 26.6 Å². The summed E-state index contributed by atoms with van der Waals surface area (Å²) in [4.78, 5) is 30.9. The van der Waals surface area contributed by atoms with Crippen molar-refractivity contribution >= 4 is 17.4 Å². The van der Waals surface area contributed by atoms with Crippen molar-refractivity contribution in [2.24, 2.45) is 7.05 Å². The fourth-order valence-electron chi connectivity index (χ4n) is 4.29. The molecule has 1 atom stereocenters. The molecule has 0 saturated carbocycles. The van der Waals surface area contributed by atoms with Crippen molar-refractivity contribution in [3.8, 4) is 28.6 Å². The number of hydrogen-bond acceptors (Lipinski definition) is 7. The average Bonchev–Trinajstić information content (AvgIpc) is 3.19. The number of anilines is 2. The summed E-state index contributed by atoms with van der Waals surface area (Å²) < 4.78 is 108. The Kier molecular flexibility index (Phi) is 9.41. The molecule has 1 amide bonds. The second-order valence-electron chi connectivity index (χ2n) is 9.48. The molecule has 17 heteroatoms. The topological polar surface area (TPSA) is 120 Å². The van der Waals surface area contributed by atoms with Crippen LogP contribution < -0.4 is 25.7 Å². The average molecular weight is 644 g/mol. The highest BCUT2D eigenvalue weighted by Gasteiger charge is 2.37. The number of aliphatic hydroxyl groups excluding tert-OH is 1. The van der Waals surface area contributed by atoms with Crippen LogP contribution in [0.15, 0.2) is 53.3 Å². The molecule has 3 N–H and O–H groups in total. The van der Waals surface area contributed by atoms with Crippen LogP contribution in [-0.4, -0.2) is 51.7 Å². The zero-order valence-electron chi connectivity index (χ0n) is 23.5. The summed E-state index contributed by atoms with van der Waals surface area (Å²) in [7, 11) is 2.15. The van der Waals surface area contributed by atoms with E-state index in [-0.39, 0.29) is 29.4 Å². The molecular formula is C28H24F7N5O5. The lowest BCUT2D eigenvalue weighted by Gasteiger charge is -2.17. The van der Waals surface area contributed by atoms with Gasteiger partial charge in [-0.1, -0.05) is 0 Å². The van der Waals surface area contributed by atoms with E-state index in [2.05, 4.69) is 20.4 Å². The van der Waals surface area contributed by atoms with Crippen LogP contribution in [0.1, 0.15) is 22.8 Å². The maximum atomic E-state index is 15.3. The van der Waals surface area contributed by atoms with E-state index in [1.165, 1.54) is 6.92 Å². The molecule has 240 valence electrons. The SMILES string of the molecule is COc1cc(F)c(-c2c(NC(=O)c3ccc(OC(F)F)cc3)c(=O)n(-c3nc(NC[C@H](C)O)ccc3C(F)(F)F)n2C)c(F)c1. The molecule has 2 aromatic carbocycles. The van der Waals surface area contributed by atoms with Crippen molar-refractivity contribution in [3.05, 3.63) is 81.6 Å². The molecule has 0 aliphatic carbocycles. The highest BCUT2D eigenvalue weighted by atomic mass is 19.4. The monoisotopic (exact) mass is 643 g/mol. The fourth-order valence-corrected chi connectivity index (χ4v) is 4.29. The summed E-state index contributed by atoms with van der Waals surface area (Å²) in [6.07, 6.45) is -6.00. The number of carbonyl (C=O) groups excluding carboxylic acids is 1. The van der Waals surface area contributed by atoms with Crippen molar-refractivity contribution in [1.29, 1.82) is 0 Å². The number of nitrogens with one attached hydrogen (secondary N) is 2. The summed E-state index contributed by atoms with van der Waals surface area (Å²) in [6, 6.07) is 7.20. The molecule has 4 aromatic rings. The standard InChI is InChI=1S/C28H24F7N5O5/c1-13(41)12-36-20-9-8-17(28(33,34)35)24(37-20)40-26(43)22(38-25(42)14-4-6-15(7-5-14)45-27(31)32)23(39(40)2)21-18(29)10-16(44-3)11-19(21)30/h4-11,13,27,41H,12H2,1-3H3,(H,36,37)(H,38,42)/t13-/m0/s1. The number of alkyl halides is 5. The Hall–Kier alpha value is -5.06. The van der Waals surface area contributed by atoms with Crippen LogP contribution in [0.3, 0.4) is 0 Å². The van der Waals surface area contributed by atoms with Crippen LogP contribution in [-0.2, 0) is 13.2 Å². The third kappa shape index (κ3) is 7.03. The molecule has 0 fully saturated rings. The van der Waals surface area contributed by atoms with E-state index in [0.29, 0.717) is 15.4 Å². The molecule has 0 saturated heterocycles. The van der Waals surface area contributed by atoms with Gasteiger partial charge in [0.2, 0.25) is 0 Å². The van der Waals surface area contributed by atoms with Crippen LogP contribution in [0.25, 0.3) is 17.1 Å². The Morgan fingerprint density at radius 2 is 1.67 bits per heavy atom. The van der Waals surface area contributed by atoms with Crippen LogP contribution in [0.5, 0.6) is 11.5 Å². The molecule has 0 spiro atoms. The summed E-state index contributed by atoms with van der Waals surface area (Å²) in [5.74, 6) is -5.43. The van der Waals surface area contributed by atoms with Gasteiger partial charge in [0.1, 0.15) is 45.9 Å². The van der Waals surface area contributed by atoms with E-state index in [1.54, 1.807) is 0 Å². The number of hydrogen-bond donors (Lipinski definition) is 3. The quantitative estimate of drug-likeness (QED) is 0.204. The molecule has 0 bridgehead atoms. The van der Waals surface area contributed by atoms with Crippen molar-refractivity contribution < 1.29 is 50.1 Å². The number of amides is 1. The Morgan fingerprint density at radius 1 is 1.04 bits per heavy atom. The number of nitrogens with zero attached hydrogens (tertiary/aromatic N) is 3. The van der Waals surface area contributed by atoms with E-state index < -0.39 is 70.3 Å². The summed E-state index contributed by atoms with van der Waals surface area (Å²) >= 11 is 0. The lowest BCUT2D eigenvalue weighted by Crippen LogP contribution is -2.27. The number of methoxy groups -OCH3 is 1. The second kappa shape index (κ2) is 12.9. The molecule has 4 rings (SSSR count). The lowest BCUT2D eigenvalue weighted by molar-refractivity contribution is -0.137. The summed E-state index contributed by atoms with van der Waals surface area (Å²) in [5, 5.41) is 14.4. The summed E-state index contributed by atoms with van der Waals surface area (Å²) in [5.41, 5.74) is -5.42. The third-order valence-electron chi connectivity index (χ3n) is 6.29. The number of pyridine rings is 1. The summed E-state index contributed by atoms with van der Waals surface area (Å²) in [6.45, 7) is -1.88. The first kappa shape index (κ1) is 32.8. The van der Waals surface area contributed by atoms with Gasteiger partial charge >= 0.3 is 12.8 Å². The molecule has 2 aromatic heterocycles. The first-order valence-corrected chi connectivity index (χ1v) is 12.8. The minimum Gasteiger partial charge on any atom is -0.497 e. The molecule has 0 aliphatic heterocycles. The van der Waals surface area contributed by atoms with Gasteiger partial charge in [-0.15, -0.1) is 0 Å². The van der Waals surface area contributed by atoms with Gasteiger partial charge in [-0.05, 0) is 43.3 Å². The number of carbonyl (C=O) groups is 1. The van der Waals surface area contributed by atoms with Crippen molar-refractivity contribution in [2.45, 2.75) is 25.8 Å². The zero-order chi connectivity index (χ0) is 33.2. The van der Waals surface area contributed by atoms with E-state index in [4.69, 9.17) is 4.74 Å². The van der Waals surface area contributed by atoms with Gasteiger partial charge in [0.05, 0.1) is 18.8 Å². The van der Waals surface area contributed by atoms with Crippen molar-refractivity contribution in [3.63, 3.8) is 0 Å². The van der Waals surface area contributed by atoms with Gasteiger partial charge in [-0.25, -0.2) is 13.8 Å². The highest BCUT2D eigenvalue weighted by Crippen LogP contribution is 2.37. The largest absolute Gasteiger partial charge is 0.497 e. The predicted octanol–water partition coefficient (Wildman–Crippen LogP) is 5.19. The maximum absolute atomic E-state index is 15.3. The Morgan fingerprint density at radius 3 is 2.20 bits per heavy atom. The molecule has 0 unspecified atom stereocenters. The van der Waals surface area contributed by atoms with Crippen LogP contribution >= 0.6 is 0 Å². The first-order valence-electron chi connectivity index (χ1n) is 12.8. The Balaban J connectivity index is 1.96. The Bertz CT molecular complexity index is 1750. The first-order chi connectivity index (χ1) is 21.1. The van der Waals surface area contributed by atoms with E-state index in [1.807, 2.05) is 0 Å². The maximum Gasteiger partial charge on any atom is 0.420 e. The highest BCUT2D eigenvalue weighted by molar-refractivity contribution is 6.06. The number of rotatable bonds is 10. The van der Waals surface area contributed by atoms with Crippen molar-refractivity contribution in [2.75, 3.05) is 24.3 Å². The molecule has 0 radical (unpaired) electrons. The number of ether oxygens (including phenoxy) is 2. The minimum atomic E-state index is -5.07. The molecular weight excluding hydrogens is 619 g/mol. The van der Waals surface area contributed by atoms with Gasteiger partial charge in [0.15, 0.2) is 5.82 Å². The number of aliphatic hydroxyl groups is 1. The minimum absolute atomic E-state index is 0.129. The fraction of sp³-hybridized carbons (Fsp3) is 0.250. The van der Waals surface area contributed by atoms with Gasteiger partial charge < -0.3 is 25.2 Å². The van der Waals surface area contributed by atoms with Gasteiger partial charge in [-0.3, -0.25) is 14.3 Å². The smallest absolute Gasteiger partial charge is 0.420 e. The number of halogens is 7. The second-order valence-corrected chi connectivity index (χ2v) is 9.48. The third-order valence-corrected chi connectivity index (χ3v) is 6.29. The molecule has 0 aliphatic rings. The van der Waals surface area contributed by atoms with E-state index >= 15 is 8.78 Å². The molecule has 10 nitrogen and oxygen atoms in total. The normalized spacial score (nSPS) is 12.3. The molecule has 2 heterocycles. The van der Waals surface area contributed by atoms with Crippen LogP contribution in [0.4, 0.5) is 42.2 Å². The van der Waals surface area contributed by atoms with Crippen LogP contribution in [0.2, 0.25) is 0 Å². The van der Waals surface area contributed by atoms with Crippen molar-refractivity contribution in [1.82, 2.24) is 14.3 Å². The number of aromatic nitrogens is 3. The number of benzene rings is 2. The zero-order valence-corrected chi connectivity index (χ0v) is 23.5. The van der Waals surface area contributed by atoms with E-state index in [0.717, 1.165) is 56.6 Å². The van der Waals surface area contributed by atoms with E-state index in [9.17, 15) is 36.6 Å². The Labute approximate surface area is 249 Å². The molecule has 45 heavy (non-hydrogen) atoms. The van der Waals surface area contributed by atoms with Crippen LogP contribution in [0, 0.1) is 11.6 Å². The van der Waals surface area contributed by atoms with Gasteiger partial charge in [0.25, 0.3) is 11.5 Å². The lowest BCUT2D eigenvalue weighted by atomic mass is 10.1. The predicted molar refractivity (Wildman–Crippen MR) is 147 cm³/mol. The van der Waals surface area contributed by atoms with Gasteiger partial charge in [0, 0.05) is 31.3 Å².